The number of sulfonamides is 1. The van der Waals surface area contributed by atoms with Crippen LogP contribution in [0, 0.1) is 0 Å². The predicted octanol–water partition coefficient (Wildman–Crippen LogP) is -0.199. The predicted molar refractivity (Wildman–Crippen MR) is 81.1 cm³/mol. The van der Waals surface area contributed by atoms with Gasteiger partial charge in [0.1, 0.15) is 0 Å². The van der Waals surface area contributed by atoms with Crippen molar-refractivity contribution in [1.29, 1.82) is 0 Å². The molecule has 0 atom stereocenters. The highest BCUT2D eigenvalue weighted by molar-refractivity contribution is 7.89. The summed E-state index contributed by atoms with van der Waals surface area (Å²) in [7, 11) is -4.05. The number of fused-ring (bicyclic) bond motifs is 1. The van der Waals surface area contributed by atoms with Crippen molar-refractivity contribution >= 4 is 32.6 Å². The molecule has 0 saturated heterocycles. The van der Waals surface area contributed by atoms with Crippen LogP contribution in [0.2, 0.25) is 0 Å². The number of primary amides is 2. The molecule has 0 aliphatic rings. The Hall–Kier alpha value is -2.45. The second kappa shape index (κ2) is 6.12. The van der Waals surface area contributed by atoms with Gasteiger partial charge in [0, 0.05) is 0 Å². The summed E-state index contributed by atoms with van der Waals surface area (Å²) < 4.78 is 25.8. The van der Waals surface area contributed by atoms with Gasteiger partial charge >= 0.3 is 0 Å². The molecule has 4 N–H and O–H groups in total. The highest BCUT2D eigenvalue weighted by Crippen LogP contribution is 2.21. The smallest absolute Gasteiger partial charge is 0.244 e. The van der Waals surface area contributed by atoms with Gasteiger partial charge in [-0.2, -0.15) is 4.31 Å². The van der Waals surface area contributed by atoms with Gasteiger partial charge in [-0.1, -0.05) is 30.3 Å². The number of hydrogen-bond acceptors (Lipinski definition) is 4. The normalized spacial score (nSPS) is 11.7. The molecule has 8 heteroatoms. The monoisotopic (exact) mass is 321 g/mol. The SMILES string of the molecule is NC(=O)CN(CC(N)=O)S(=O)(=O)c1ccc2ccccc2c1. The summed E-state index contributed by atoms with van der Waals surface area (Å²) in [5, 5.41) is 1.60. The van der Waals surface area contributed by atoms with Gasteiger partial charge in [0.05, 0.1) is 18.0 Å². The number of hydrogen-bond donors (Lipinski definition) is 2. The van der Waals surface area contributed by atoms with Gasteiger partial charge in [0.2, 0.25) is 21.8 Å². The number of amides is 2. The Kier molecular flexibility index (Phi) is 4.43. The van der Waals surface area contributed by atoms with E-state index in [1.807, 2.05) is 12.1 Å². The summed E-state index contributed by atoms with van der Waals surface area (Å²) >= 11 is 0. The molecule has 22 heavy (non-hydrogen) atoms. The molecule has 2 rings (SSSR count). The second-order valence-corrected chi connectivity index (χ2v) is 6.65. The van der Waals surface area contributed by atoms with Crippen LogP contribution in [0.3, 0.4) is 0 Å². The molecule has 0 heterocycles. The summed E-state index contributed by atoms with van der Waals surface area (Å²) in [5.41, 5.74) is 10.1. The highest BCUT2D eigenvalue weighted by atomic mass is 32.2. The molecule has 0 bridgehead atoms. The van der Waals surface area contributed by atoms with Gasteiger partial charge in [-0.15, -0.1) is 0 Å². The summed E-state index contributed by atoms with van der Waals surface area (Å²) in [6.45, 7) is -1.23. The molecular formula is C14H15N3O4S. The topological polar surface area (TPSA) is 124 Å². The van der Waals surface area contributed by atoms with Crippen LogP contribution < -0.4 is 11.5 Å². The Bertz CT molecular complexity index is 817. The van der Waals surface area contributed by atoms with E-state index in [2.05, 4.69) is 0 Å². The van der Waals surface area contributed by atoms with E-state index in [0.29, 0.717) is 4.31 Å². The quantitative estimate of drug-likeness (QED) is 0.764. The molecule has 0 saturated carbocycles. The number of rotatable bonds is 6. The maximum absolute atomic E-state index is 12.6. The van der Waals surface area contributed by atoms with Crippen molar-refractivity contribution < 1.29 is 18.0 Å². The van der Waals surface area contributed by atoms with Crippen molar-refractivity contribution in [3.05, 3.63) is 42.5 Å². The molecule has 0 aliphatic heterocycles. The largest absolute Gasteiger partial charge is 0.369 e. The third-order valence-corrected chi connectivity index (χ3v) is 4.81. The third kappa shape index (κ3) is 3.41. The first-order valence-electron chi connectivity index (χ1n) is 6.36. The van der Waals surface area contributed by atoms with Crippen LogP contribution in [0.15, 0.2) is 47.4 Å². The molecule has 0 unspecified atom stereocenters. The zero-order valence-electron chi connectivity index (χ0n) is 11.6. The Labute approximate surface area is 127 Å². The van der Waals surface area contributed by atoms with Crippen molar-refractivity contribution in [3.63, 3.8) is 0 Å². The molecule has 7 nitrogen and oxygen atoms in total. The molecule has 0 spiro atoms. The average molecular weight is 321 g/mol. The van der Waals surface area contributed by atoms with E-state index in [4.69, 9.17) is 11.5 Å². The van der Waals surface area contributed by atoms with E-state index in [-0.39, 0.29) is 4.90 Å². The molecule has 116 valence electrons. The highest BCUT2D eigenvalue weighted by Gasteiger charge is 2.27. The lowest BCUT2D eigenvalue weighted by Gasteiger charge is -2.19. The summed E-state index contributed by atoms with van der Waals surface area (Å²) in [6, 6.07) is 11.8. The number of carbonyl (C=O) groups excluding carboxylic acids is 2. The van der Waals surface area contributed by atoms with E-state index in [9.17, 15) is 18.0 Å². The maximum atomic E-state index is 12.6. The standard InChI is InChI=1S/C14H15N3O4S/c15-13(18)8-17(9-14(16)19)22(20,21)12-6-5-10-3-1-2-4-11(10)7-12/h1-7H,8-9H2,(H2,15,18)(H2,16,19). The fourth-order valence-corrected chi connectivity index (χ4v) is 3.46. The fourth-order valence-electron chi connectivity index (χ4n) is 2.05. The van der Waals surface area contributed by atoms with Crippen molar-refractivity contribution in [1.82, 2.24) is 4.31 Å². The van der Waals surface area contributed by atoms with Gasteiger partial charge in [-0.3, -0.25) is 9.59 Å². The van der Waals surface area contributed by atoms with Crippen LogP contribution in [0.4, 0.5) is 0 Å². The Balaban J connectivity index is 2.47. The maximum Gasteiger partial charge on any atom is 0.244 e. The first kappa shape index (κ1) is 15.9. The lowest BCUT2D eigenvalue weighted by Crippen LogP contribution is -2.43. The van der Waals surface area contributed by atoms with Gasteiger partial charge < -0.3 is 11.5 Å². The van der Waals surface area contributed by atoms with Crippen molar-refractivity contribution in [3.8, 4) is 0 Å². The Morgan fingerprint density at radius 1 is 0.909 bits per heavy atom. The molecule has 0 radical (unpaired) electrons. The molecule has 0 aliphatic carbocycles. The van der Waals surface area contributed by atoms with Crippen molar-refractivity contribution in [2.75, 3.05) is 13.1 Å². The van der Waals surface area contributed by atoms with E-state index in [0.717, 1.165) is 10.8 Å². The Morgan fingerprint density at radius 3 is 2.00 bits per heavy atom. The van der Waals surface area contributed by atoms with Crippen LogP contribution in [-0.2, 0) is 19.6 Å². The van der Waals surface area contributed by atoms with Gasteiger partial charge in [-0.25, -0.2) is 8.42 Å². The molecule has 2 aromatic carbocycles. The fraction of sp³-hybridized carbons (Fsp3) is 0.143. The first-order chi connectivity index (χ1) is 10.3. The van der Waals surface area contributed by atoms with Gasteiger partial charge in [-0.05, 0) is 22.9 Å². The molecule has 2 aromatic rings. The molecular weight excluding hydrogens is 306 g/mol. The van der Waals surface area contributed by atoms with Crippen molar-refractivity contribution in [2.45, 2.75) is 4.90 Å². The zero-order chi connectivity index (χ0) is 16.3. The van der Waals surface area contributed by atoms with Crippen LogP contribution in [-0.4, -0.2) is 37.6 Å². The minimum absolute atomic E-state index is 0.0336. The minimum Gasteiger partial charge on any atom is -0.369 e. The van der Waals surface area contributed by atoms with E-state index < -0.39 is 34.9 Å². The van der Waals surface area contributed by atoms with Gasteiger partial charge in [0.15, 0.2) is 0 Å². The lowest BCUT2D eigenvalue weighted by molar-refractivity contribution is -0.120. The van der Waals surface area contributed by atoms with Crippen LogP contribution in [0.25, 0.3) is 10.8 Å². The van der Waals surface area contributed by atoms with Crippen LogP contribution in [0.1, 0.15) is 0 Å². The number of benzene rings is 2. The summed E-state index contributed by atoms with van der Waals surface area (Å²) in [6.07, 6.45) is 0. The number of nitrogens with zero attached hydrogens (tertiary/aromatic N) is 1. The zero-order valence-corrected chi connectivity index (χ0v) is 12.4. The summed E-state index contributed by atoms with van der Waals surface area (Å²) in [4.78, 5) is 22.1. The number of carbonyl (C=O) groups is 2. The minimum atomic E-state index is -4.05. The average Bonchev–Trinajstić information content (AvgIpc) is 2.45. The third-order valence-electron chi connectivity index (χ3n) is 3.02. The molecule has 0 aromatic heterocycles. The van der Waals surface area contributed by atoms with Crippen molar-refractivity contribution in [2.24, 2.45) is 11.5 Å². The lowest BCUT2D eigenvalue weighted by atomic mass is 10.1. The molecule has 2 amide bonds. The first-order valence-corrected chi connectivity index (χ1v) is 7.80. The number of nitrogens with two attached hydrogens (primary N) is 2. The van der Waals surface area contributed by atoms with Crippen LogP contribution >= 0.6 is 0 Å². The Morgan fingerprint density at radius 2 is 1.45 bits per heavy atom. The second-order valence-electron chi connectivity index (χ2n) is 4.71. The summed E-state index contributed by atoms with van der Waals surface area (Å²) in [5.74, 6) is -1.74. The van der Waals surface area contributed by atoms with E-state index in [1.165, 1.54) is 12.1 Å². The van der Waals surface area contributed by atoms with E-state index >= 15 is 0 Å². The van der Waals surface area contributed by atoms with E-state index in [1.54, 1.807) is 18.2 Å². The van der Waals surface area contributed by atoms with Crippen LogP contribution in [0.5, 0.6) is 0 Å². The van der Waals surface area contributed by atoms with Gasteiger partial charge in [0.25, 0.3) is 0 Å². The molecule has 0 fully saturated rings.